The van der Waals surface area contributed by atoms with Crippen molar-refractivity contribution in [3.63, 3.8) is 0 Å². The standard InChI is InChI=1S/C76H120O6/c1-4-7-10-13-16-19-22-25-28-30-31-32-33-34-35-36-37-38-39-40-41-42-43-44-45-46-49-51-54-57-60-63-66-69-75(78)81-72-73(71-80-74(77)68-65-62-59-56-53-50-47-27-24-21-18-15-12-9-6-3)82-76(79)70-67-64-61-58-55-52-48-29-26-23-20-17-14-11-8-5-2/h7,9-10,12,16,18-19,21,25,27-28,31-32,34-35,37-38,40-41,43-44,46-47,49,53,56,62,65,73H,4-6,8,11,13-15,17,20,22-24,26,29-30,33,36,39,42,45,48,50-52,54-55,57-61,63-64,66-72H2,1-3H3/b10-7-,12-9-,19-16-,21-18-,28-25-,32-31-,35-34-,38-37-,41-40-,44-43-,47-27-,49-46-,56-53-,65-62-. The van der Waals surface area contributed by atoms with Crippen molar-refractivity contribution in [2.45, 2.75) is 277 Å². The maximum absolute atomic E-state index is 12.9. The fourth-order valence-corrected chi connectivity index (χ4v) is 8.63. The van der Waals surface area contributed by atoms with Gasteiger partial charge in [0.25, 0.3) is 0 Å². The fourth-order valence-electron chi connectivity index (χ4n) is 8.63. The van der Waals surface area contributed by atoms with Crippen LogP contribution < -0.4 is 0 Å². The van der Waals surface area contributed by atoms with Crippen molar-refractivity contribution in [2.75, 3.05) is 13.2 Å². The van der Waals surface area contributed by atoms with Crippen LogP contribution in [0, 0.1) is 0 Å². The molecule has 0 aliphatic rings. The van der Waals surface area contributed by atoms with Crippen LogP contribution in [0.25, 0.3) is 0 Å². The normalized spacial score (nSPS) is 13.3. The first-order valence-corrected chi connectivity index (χ1v) is 33.1. The van der Waals surface area contributed by atoms with Gasteiger partial charge in [0.15, 0.2) is 6.10 Å². The number of allylic oxidation sites excluding steroid dienone is 27. The van der Waals surface area contributed by atoms with E-state index in [1.54, 1.807) is 6.08 Å². The van der Waals surface area contributed by atoms with Gasteiger partial charge >= 0.3 is 17.9 Å². The summed E-state index contributed by atoms with van der Waals surface area (Å²) < 4.78 is 16.8. The molecule has 82 heavy (non-hydrogen) atoms. The molecule has 0 fully saturated rings. The van der Waals surface area contributed by atoms with Gasteiger partial charge in [-0.3, -0.25) is 14.4 Å². The molecule has 0 aromatic heterocycles. The minimum atomic E-state index is -0.834. The summed E-state index contributed by atoms with van der Waals surface area (Å²) in [5, 5.41) is 0. The Labute approximate surface area is 504 Å². The largest absolute Gasteiger partial charge is 0.462 e. The summed E-state index contributed by atoms with van der Waals surface area (Å²) >= 11 is 0. The van der Waals surface area contributed by atoms with Gasteiger partial charge < -0.3 is 14.2 Å². The van der Waals surface area contributed by atoms with E-state index in [9.17, 15) is 14.4 Å². The zero-order valence-corrected chi connectivity index (χ0v) is 52.7. The summed E-state index contributed by atoms with van der Waals surface area (Å²) in [6.45, 7) is 6.31. The average Bonchev–Trinajstić information content (AvgIpc) is 3.47. The van der Waals surface area contributed by atoms with Crippen LogP contribution in [0.3, 0.4) is 0 Å². The number of hydrogen-bond acceptors (Lipinski definition) is 6. The van der Waals surface area contributed by atoms with E-state index >= 15 is 0 Å². The molecule has 0 aromatic rings. The molecular formula is C76H120O6. The zero-order valence-electron chi connectivity index (χ0n) is 52.7. The number of rotatable bonds is 58. The molecule has 0 heterocycles. The zero-order chi connectivity index (χ0) is 59.2. The Balaban J connectivity index is 4.42. The molecule has 0 bridgehead atoms. The fraction of sp³-hybridized carbons (Fsp3) is 0.592. The van der Waals surface area contributed by atoms with Gasteiger partial charge in [0.2, 0.25) is 0 Å². The maximum Gasteiger partial charge on any atom is 0.309 e. The predicted octanol–water partition coefficient (Wildman–Crippen LogP) is 23.0. The second-order valence-corrected chi connectivity index (χ2v) is 21.3. The molecule has 0 saturated heterocycles. The van der Waals surface area contributed by atoms with Crippen LogP contribution in [0.4, 0.5) is 0 Å². The molecule has 1 unspecified atom stereocenters. The van der Waals surface area contributed by atoms with E-state index in [0.717, 1.165) is 148 Å². The monoisotopic (exact) mass is 1130 g/mol. The summed E-state index contributed by atoms with van der Waals surface area (Å²) in [7, 11) is 0. The SMILES string of the molecule is CC/C=C\C/C=C\C/C=C\C/C=C\C/C=C\C/C=C\C/C=C\C/C=C\C/C=C\CCCCCCCC(=O)OCC(COC(=O)C/C=C\C/C=C\C/C=C\C/C=C\C/C=C\CC)OC(=O)CCCCCCCCCCCCCCCCCC. The first-order valence-electron chi connectivity index (χ1n) is 33.1. The third-order valence-electron chi connectivity index (χ3n) is 13.5. The predicted molar refractivity (Wildman–Crippen MR) is 357 cm³/mol. The molecule has 0 N–H and O–H groups in total. The van der Waals surface area contributed by atoms with E-state index in [1.165, 1.54) is 83.5 Å². The minimum absolute atomic E-state index is 0.118. The third kappa shape index (κ3) is 65.6. The molecule has 0 radical (unpaired) electrons. The minimum Gasteiger partial charge on any atom is -0.462 e. The van der Waals surface area contributed by atoms with Crippen molar-refractivity contribution in [2.24, 2.45) is 0 Å². The summed E-state index contributed by atoms with van der Waals surface area (Å²) in [5.74, 6) is -1.07. The molecule has 0 amide bonds. The summed E-state index contributed by atoms with van der Waals surface area (Å²) in [4.78, 5) is 38.3. The van der Waals surface area contributed by atoms with E-state index in [0.29, 0.717) is 12.8 Å². The molecular weight excluding hydrogens is 1010 g/mol. The Morgan fingerprint density at radius 1 is 0.268 bits per heavy atom. The first-order chi connectivity index (χ1) is 40.5. The van der Waals surface area contributed by atoms with Gasteiger partial charge in [0.1, 0.15) is 13.2 Å². The molecule has 460 valence electrons. The topological polar surface area (TPSA) is 78.9 Å². The van der Waals surface area contributed by atoms with Crippen LogP contribution >= 0.6 is 0 Å². The number of ether oxygens (including phenoxy) is 3. The van der Waals surface area contributed by atoms with Crippen LogP contribution in [-0.2, 0) is 28.6 Å². The van der Waals surface area contributed by atoms with Gasteiger partial charge in [0.05, 0.1) is 6.42 Å². The van der Waals surface area contributed by atoms with E-state index in [4.69, 9.17) is 14.2 Å². The van der Waals surface area contributed by atoms with Crippen molar-refractivity contribution < 1.29 is 28.6 Å². The average molecular weight is 1130 g/mol. The molecule has 0 aliphatic carbocycles. The second kappa shape index (κ2) is 68.3. The van der Waals surface area contributed by atoms with Crippen molar-refractivity contribution in [3.05, 3.63) is 170 Å². The van der Waals surface area contributed by atoms with Crippen LogP contribution in [0.2, 0.25) is 0 Å². The summed E-state index contributed by atoms with van der Waals surface area (Å²) in [5.41, 5.74) is 0. The Kier molecular flexibility index (Phi) is 63.9. The summed E-state index contributed by atoms with van der Waals surface area (Å²) in [6.07, 6.45) is 101. The molecule has 1 atom stereocenters. The van der Waals surface area contributed by atoms with Gasteiger partial charge in [-0.05, 0) is 116 Å². The Morgan fingerprint density at radius 2 is 0.524 bits per heavy atom. The molecule has 0 aromatic carbocycles. The summed E-state index contributed by atoms with van der Waals surface area (Å²) in [6, 6.07) is 0. The van der Waals surface area contributed by atoms with E-state index in [2.05, 4.69) is 179 Å². The Morgan fingerprint density at radius 3 is 0.854 bits per heavy atom. The smallest absolute Gasteiger partial charge is 0.309 e. The quantitative estimate of drug-likeness (QED) is 0.0261. The molecule has 6 heteroatoms. The Hall–Kier alpha value is -5.23. The van der Waals surface area contributed by atoms with Crippen LogP contribution in [0.5, 0.6) is 0 Å². The number of carbonyl (C=O) groups is 3. The van der Waals surface area contributed by atoms with Gasteiger partial charge in [-0.2, -0.15) is 0 Å². The highest BCUT2D eigenvalue weighted by Gasteiger charge is 2.19. The number of unbranched alkanes of at least 4 members (excludes halogenated alkanes) is 20. The lowest BCUT2D eigenvalue weighted by Gasteiger charge is -2.18. The highest BCUT2D eigenvalue weighted by Crippen LogP contribution is 2.15. The highest BCUT2D eigenvalue weighted by molar-refractivity contribution is 5.72. The van der Waals surface area contributed by atoms with E-state index in [-0.39, 0.29) is 31.6 Å². The second-order valence-electron chi connectivity index (χ2n) is 21.3. The molecule has 6 nitrogen and oxygen atoms in total. The maximum atomic E-state index is 12.9. The van der Waals surface area contributed by atoms with Crippen molar-refractivity contribution in [1.82, 2.24) is 0 Å². The molecule has 0 saturated carbocycles. The highest BCUT2D eigenvalue weighted by atomic mass is 16.6. The molecule has 0 rings (SSSR count). The number of esters is 3. The van der Waals surface area contributed by atoms with Gasteiger partial charge in [-0.25, -0.2) is 0 Å². The van der Waals surface area contributed by atoms with E-state index in [1.807, 2.05) is 6.08 Å². The van der Waals surface area contributed by atoms with Gasteiger partial charge in [-0.15, -0.1) is 0 Å². The van der Waals surface area contributed by atoms with E-state index < -0.39 is 12.1 Å². The van der Waals surface area contributed by atoms with Crippen LogP contribution in [0.1, 0.15) is 271 Å². The van der Waals surface area contributed by atoms with Crippen molar-refractivity contribution in [1.29, 1.82) is 0 Å². The Bertz CT molecular complexity index is 1870. The van der Waals surface area contributed by atoms with Crippen molar-refractivity contribution in [3.8, 4) is 0 Å². The third-order valence-corrected chi connectivity index (χ3v) is 13.5. The van der Waals surface area contributed by atoms with Crippen molar-refractivity contribution >= 4 is 17.9 Å². The van der Waals surface area contributed by atoms with Crippen LogP contribution in [0.15, 0.2) is 170 Å². The van der Waals surface area contributed by atoms with Gasteiger partial charge in [-0.1, -0.05) is 306 Å². The first kappa shape index (κ1) is 76.8. The number of carbonyl (C=O) groups excluding carboxylic acids is 3. The molecule has 0 aliphatic heterocycles. The van der Waals surface area contributed by atoms with Crippen LogP contribution in [-0.4, -0.2) is 37.2 Å². The lowest BCUT2D eigenvalue weighted by Crippen LogP contribution is -2.30. The lowest BCUT2D eigenvalue weighted by atomic mass is 10.0. The molecule has 0 spiro atoms. The lowest BCUT2D eigenvalue weighted by molar-refractivity contribution is -0.166. The van der Waals surface area contributed by atoms with Gasteiger partial charge in [0, 0.05) is 12.8 Å². The number of hydrogen-bond donors (Lipinski definition) is 0.